The minimum absolute atomic E-state index is 0.300. The van der Waals surface area contributed by atoms with Gasteiger partial charge in [0.05, 0.1) is 6.10 Å². The van der Waals surface area contributed by atoms with Gasteiger partial charge in [0.25, 0.3) is 0 Å². The lowest BCUT2D eigenvalue weighted by Crippen LogP contribution is -2.34. The van der Waals surface area contributed by atoms with E-state index in [0.29, 0.717) is 12.1 Å². The van der Waals surface area contributed by atoms with Crippen molar-refractivity contribution in [2.24, 2.45) is 0 Å². The Balaban J connectivity index is 1.67. The summed E-state index contributed by atoms with van der Waals surface area (Å²) in [4.78, 5) is 2.22. The third-order valence-corrected chi connectivity index (χ3v) is 3.87. The molecule has 0 bridgehead atoms. The van der Waals surface area contributed by atoms with Gasteiger partial charge in [0, 0.05) is 19.6 Å². The number of aliphatic hydroxyl groups is 1. The molecule has 1 aliphatic heterocycles. The first-order valence-corrected chi connectivity index (χ1v) is 6.95. The van der Waals surface area contributed by atoms with Crippen LogP contribution in [0.2, 0.25) is 0 Å². The Morgan fingerprint density at radius 2 is 1.90 bits per heavy atom. The Morgan fingerprint density at radius 3 is 2.70 bits per heavy atom. The molecule has 0 saturated heterocycles. The molecule has 0 amide bonds. The van der Waals surface area contributed by atoms with E-state index in [1.807, 2.05) is 6.07 Å². The number of fused-ring (bicyclic) bond motifs is 1. The highest BCUT2D eigenvalue weighted by Gasteiger charge is 2.19. The van der Waals surface area contributed by atoms with Gasteiger partial charge in [0.15, 0.2) is 0 Å². The summed E-state index contributed by atoms with van der Waals surface area (Å²) >= 11 is 0. The van der Waals surface area contributed by atoms with Crippen LogP contribution in [0.4, 0.5) is 4.39 Å². The predicted octanol–water partition coefficient (Wildman–Crippen LogP) is 2.92. The van der Waals surface area contributed by atoms with Crippen LogP contribution in [0.15, 0.2) is 48.5 Å². The third kappa shape index (κ3) is 2.89. The smallest absolute Gasteiger partial charge is 0.123 e. The maximum Gasteiger partial charge on any atom is 0.123 e. The zero-order valence-corrected chi connectivity index (χ0v) is 11.3. The van der Waals surface area contributed by atoms with Crippen molar-refractivity contribution in [3.63, 3.8) is 0 Å². The van der Waals surface area contributed by atoms with Crippen molar-refractivity contribution >= 4 is 0 Å². The molecule has 2 aromatic rings. The average molecular weight is 271 g/mol. The number of rotatable bonds is 3. The van der Waals surface area contributed by atoms with Gasteiger partial charge < -0.3 is 5.11 Å². The van der Waals surface area contributed by atoms with E-state index in [1.54, 1.807) is 12.1 Å². The molecule has 1 aliphatic rings. The topological polar surface area (TPSA) is 23.5 Å². The molecule has 20 heavy (non-hydrogen) atoms. The van der Waals surface area contributed by atoms with Crippen molar-refractivity contribution in [2.45, 2.75) is 19.1 Å². The molecule has 0 aromatic heterocycles. The van der Waals surface area contributed by atoms with Crippen molar-refractivity contribution in [1.29, 1.82) is 0 Å². The number of hydrogen-bond acceptors (Lipinski definition) is 2. The SMILES string of the molecule is O[C@H](CN1CCc2ccccc2C1)c1cccc(F)c1. The molecule has 3 heteroatoms. The fourth-order valence-electron chi connectivity index (χ4n) is 2.77. The van der Waals surface area contributed by atoms with Crippen LogP contribution in [-0.2, 0) is 13.0 Å². The molecule has 0 spiro atoms. The van der Waals surface area contributed by atoms with E-state index in [-0.39, 0.29) is 5.82 Å². The molecule has 2 nitrogen and oxygen atoms in total. The largest absolute Gasteiger partial charge is 0.387 e. The third-order valence-electron chi connectivity index (χ3n) is 3.87. The lowest BCUT2D eigenvalue weighted by molar-refractivity contribution is 0.106. The lowest BCUT2D eigenvalue weighted by Gasteiger charge is -2.30. The Hall–Kier alpha value is -1.71. The summed E-state index contributed by atoms with van der Waals surface area (Å²) in [6.07, 6.45) is 0.363. The molecule has 0 radical (unpaired) electrons. The van der Waals surface area contributed by atoms with Crippen LogP contribution in [-0.4, -0.2) is 23.1 Å². The van der Waals surface area contributed by atoms with Gasteiger partial charge in [-0.25, -0.2) is 4.39 Å². The first-order valence-electron chi connectivity index (χ1n) is 6.95. The second kappa shape index (κ2) is 5.73. The normalized spacial score (nSPS) is 16.7. The van der Waals surface area contributed by atoms with Crippen molar-refractivity contribution in [2.75, 3.05) is 13.1 Å². The standard InChI is InChI=1S/C17H18FNO/c18-16-7-3-6-14(10-16)17(20)12-19-9-8-13-4-1-2-5-15(13)11-19/h1-7,10,17,20H,8-9,11-12H2/t17-/m1/s1. The van der Waals surface area contributed by atoms with Crippen molar-refractivity contribution in [1.82, 2.24) is 4.90 Å². The Morgan fingerprint density at radius 1 is 1.10 bits per heavy atom. The van der Waals surface area contributed by atoms with Crippen molar-refractivity contribution in [3.8, 4) is 0 Å². The molecular weight excluding hydrogens is 253 g/mol. The number of nitrogens with zero attached hydrogens (tertiary/aromatic N) is 1. The van der Waals surface area contributed by atoms with E-state index < -0.39 is 6.10 Å². The van der Waals surface area contributed by atoms with E-state index in [4.69, 9.17) is 0 Å². The predicted molar refractivity (Wildman–Crippen MR) is 76.8 cm³/mol. The van der Waals surface area contributed by atoms with Crippen LogP contribution < -0.4 is 0 Å². The van der Waals surface area contributed by atoms with Crippen LogP contribution >= 0.6 is 0 Å². The molecule has 1 heterocycles. The summed E-state index contributed by atoms with van der Waals surface area (Å²) < 4.78 is 13.2. The highest BCUT2D eigenvalue weighted by molar-refractivity contribution is 5.29. The van der Waals surface area contributed by atoms with E-state index in [0.717, 1.165) is 19.5 Å². The second-order valence-corrected chi connectivity index (χ2v) is 5.32. The second-order valence-electron chi connectivity index (χ2n) is 5.32. The zero-order valence-electron chi connectivity index (χ0n) is 11.3. The fraction of sp³-hybridized carbons (Fsp3) is 0.294. The van der Waals surface area contributed by atoms with Gasteiger partial charge in [-0.05, 0) is 35.2 Å². The summed E-state index contributed by atoms with van der Waals surface area (Å²) in [5, 5.41) is 10.2. The first kappa shape index (κ1) is 13.3. The molecule has 2 aromatic carbocycles. The average Bonchev–Trinajstić information content (AvgIpc) is 2.47. The maximum atomic E-state index is 13.2. The number of β-amino-alcohol motifs (C(OH)–C–C–N with tert-alkyl or cyclic N) is 1. The van der Waals surface area contributed by atoms with Crippen LogP contribution in [0.25, 0.3) is 0 Å². The van der Waals surface area contributed by atoms with Crippen LogP contribution in [0, 0.1) is 5.82 Å². The number of benzene rings is 2. The maximum absolute atomic E-state index is 13.2. The highest BCUT2D eigenvalue weighted by atomic mass is 19.1. The summed E-state index contributed by atoms with van der Waals surface area (Å²) in [7, 11) is 0. The Kier molecular flexibility index (Phi) is 3.81. The number of halogens is 1. The van der Waals surface area contributed by atoms with E-state index >= 15 is 0 Å². The van der Waals surface area contributed by atoms with E-state index in [9.17, 15) is 9.50 Å². The van der Waals surface area contributed by atoms with E-state index in [2.05, 4.69) is 23.1 Å². The summed E-state index contributed by atoms with van der Waals surface area (Å²) in [5.41, 5.74) is 3.36. The van der Waals surface area contributed by atoms with Gasteiger partial charge in [-0.15, -0.1) is 0 Å². The molecule has 0 saturated carbocycles. The quantitative estimate of drug-likeness (QED) is 0.928. The summed E-state index contributed by atoms with van der Waals surface area (Å²) in [6.45, 7) is 2.32. The fourth-order valence-corrected chi connectivity index (χ4v) is 2.77. The molecule has 1 N–H and O–H groups in total. The molecule has 0 fully saturated rings. The number of aliphatic hydroxyl groups excluding tert-OH is 1. The molecular formula is C17H18FNO. The lowest BCUT2D eigenvalue weighted by atomic mass is 9.99. The van der Waals surface area contributed by atoms with Crippen LogP contribution in [0.3, 0.4) is 0 Å². The highest BCUT2D eigenvalue weighted by Crippen LogP contribution is 2.22. The van der Waals surface area contributed by atoms with Gasteiger partial charge in [-0.3, -0.25) is 4.90 Å². The number of hydrogen-bond donors (Lipinski definition) is 1. The van der Waals surface area contributed by atoms with Crippen LogP contribution in [0.1, 0.15) is 22.8 Å². The van der Waals surface area contributed by atoms with E-state index in [1.165, 1.54) is 23.3 Å². The van der Waals surface area contributed by atoms with Gasteiger partial charge in [0.1, 0.15) is 5.82 Å². The van der Waals surface area contributed by atoms with Gasteiger partial charge >= 0.3 is 0 Å². The Bertz CT molecular complexity index is 599. The van der Waals surface area contributed by atoms with Gasteiger partial charge in [-0.2, -0.15) is 0 Å². The van der Waals surface area contributed by atoms with Gasteiger partial charge in [-0.1, -0.05) is 36.4 Å². The molecule has 104 valence electrons. The molecule has 1 atom stereocenters. The Labute approximate surface area is 118 Å². The molecule has 0 aliphatic carbocycles. The summed E-state index contributed by atoms with van der Waals surface area (Å²) in [6, 6.07) is 14.6. The zero-order chi connectivity index (χ0) is 13.9. The minimum atomic E-state index is -0.643. The minimum Gasteiger partial charge on any atom is -0.387 e. The first-order chi connectivity index (χ1) is 9.72. The van der Waals surface area contributed by atoms with Crippen LogP contribution in [0.5, 0.6) is 0 Å². The van der Waals surface area contributed by atoms with Crippen molar-refractivity contribution in [3.05, 3.63) is 71.0 Å². The van der Waals surface area contributed by atoms with Crippen molar-refractivity contribution < 1.29 is 9.50 Å². The molecule has 3 rings (SSSR count). The molecule has 0 unspecified atom stereocenters. The summed E-state index contributed by atoms with van der Waals surface area (Å²) in [5.74, 6) is -0.300. The van der Waals surface area contributed by atoms with Gasteiger partial charge in [0.2, 0.25) is 0 Å². The monoisotopic (exact) mass is 271 g/mol.